The van der Waals surface area contributed by atoms with Gasteiger partial charge < -0.3 is 10.4 Å². The molecule has 1 amide bonds. The molecular formula is C14H18N2O5. The maximum Gasteiger partial charge on any atom is 0.308 e. The van der Waals surface area contributed by atoms with Crippen LogP contribution in [0.2, 0.25) is 0 Å². The van der Waals surface area contributed by atoms with Gasteiger partial charge in [-0.2, -0.15) is 0 Å². The van der Waals surface area contributed by atoms with E-state index in [2.05, 4.69) is 5.32 Å². The summed E-state index contributed by atoms with van der Waals surface area (Å²) in [4.78, 5) is 33.1. The number of nitro benzene ring substituents is 1. The number of carboxylic acids is 1. The molecule has 1 aromatic rings. The molecule has 0 bridgehead atoms. The van der Waals surface area contributed by atoms with Crippen molar-refractivity contribution in [1.82, 2.24) is 5.32 Å². The number of carboxylic acid groups (broad SMARTS) is 1. The van der Waals surface area contributed by atoms with Crippen LogP contribution in [0.3, 0.4) is 0 Å². The van der Waals surface area contributed by atoms with E-state index in [1.54, 1.807) is 19.9 Å². The van der Waals surface area contributed by atoms with E-state index in [4.69, 9.17) is 5.11 Å². The van der Waals surface area contributed by atoms with E-state index in [1.165, 1.54) is 18.2 Å². The van der Waals surface area contributed by atoms with Crippen LogP contribution in [0.25, 0.3) is 0 Å². The zero-order chi connectivity index (χ0) is 16.0. The van der Waals surface area contributed by atoms with E-state index in [-0.39, 0.29) is 24.6 Å². The number of nitrogens with one attached hydrogen (secondary N) is 1. The van der Waals surface area contributed by atoms with Crippen LogP contribution in [0, 0.1) is 22.0 Å². The summed E-state index contributed by atoms with van der Waals surface area (Å²) in [5.74, 6) is -2.21. The zero-order valence-corrected chi connectivity index (χ0v) is 11.9. The van der Waals surface area contributed by atoms with Crippen LogP contribution in [0.1, 0.15) is 19.4 Å². The minimum absolute atomic E-state index is 0.00641. The number of rotatable bonds is 7. The van der Waals surface area contributed by atoms with Gasteiger partial charge in [0.15, 0.2) is 0 Å². The molecule has 0 saturated carbocycles. The fourth-order valence-corrected chi connectivity index (χ4v) is 1.91. The molecule has 0 saturated heterocycles. The second-order valence-corrected chi connectivity index (χ2v) is 5.06. The normalized spacial score (nSPS) is 12.0. The number of hydrogen-bond acceptors (Lipinski definition) is 4. The van der Waals surface area contributed by atoms with Crippen molar-refractivity contribution in [2.24, 2.45) is 11.8 Å². The number of para-hydroxylation sites is 1. The topological polar surface area (TPSA) is 110 Å². The molecule has 2 N–H and O–H groups in total. The third kappa shape index (κ3) is 4.87. The Morgan fingerprint density at radius 2 is 1.95 bits per heavy atom. The first-order valence-corrected chi connectivity index (χ1v) is 6.54. The van der Waals surface area contributed by atoms with E-state index in [0.717, 1.165) is 0 Å². The van der Waals surface area contributed by atoms with Crippen molar-refractivity contribution in [3.63, 3.8) is 0 Å². The molecule has 0 aliphatic carbocycles. The maximum atomic E-state index is 11.8. The molecule has 7 heteroatoms. The highest BCUT2D eigenvalue weighted by atomic mass is 16.6. The highest BCUT2D eigenvalue weighted by Crippen LogP contribution is 2.18. The van der Waals surface area contributed by atoms with E-state index < -0.39 is 22.7 Å². The van der Waals surface area contributed by atoms with Crippen LogP contribution in [-0.2, 0) is 16.0 Å². The Balaban J connectivity index is 2.66. The molecule has 0 radical (unpaired) electrons. The molecule has 0 aliphatic heterocycles. The minimum Gasteiger partial charge on any atom is -0.481 e. The van der Waals surface area contributed by atoms with Crippen molar-refractivity contribution >= 4 is 17.6 Å². The standard InChI is InChI=1S/C14H18N2O5/c1-9(2)11(14(18)19)8-15-13(17)7-10-5-3-4-6-12(10)16(20)21/h3-6,9,11H,7-8H2,1-2H3,(H,15,17)(H,18,19). The summed E-state index contributed by atoms with van der Waals surface area (Å²) in [7, 11) is 0. The summed E-state index contributed by atoms with van der Waals surface area (Å²) >= 11 is 0. The number of benzene rings is 1. The monoisotopic (exact) mass is 294 g/mol. The molecule has 1 unspecified atom stereocenters. The van der Waals surface area contributed by atoms with Crippen molar-refractivity contribution in [3.05, 3.63) is 39.9 Å². The van der Waals surface area contributed by atoms with Crippen LogP contribution in [0.15, 0.2) is 24.3 Å². The summed E-state index contributed by atoms with van der Waals surface area (Å²) in [5, 5.41) is 22.4. The molecule has 1 aromatic carbocycles. The molecule has 21 heavy (non-hydrogen) atoms. The first kappa shape index (κ1) is 16.6. The lowest BCUT2D eigenvalue weighted by Crippen LogP contribution is -2.36. The number of nitro groups is 1. The van der Waals surface area contributed by atoms with Gasteiger partial charge in [-0.1, -0.05) is 32.0 Å². The zero-order valence-electron chi connectivity index (χ0n) is 11.9. The smallest absolute Gasteiger partial charge is 0.308 e. The SMILES string of the molecule is CC(C)C(CNC(=O)Cc1ccccc1[N+](=O)[O-])C(=O)O. The number of nitrogens with zero attached hydrogens (tertiary/aromatic N) is 1. The van der Waals surface area contributed by atoms with Crippen LogP contribution in [-0.4, -0.2) is 28.5 Å². The molecule has 0 fully saturated rings. The molecular weight excluding hydrogens is 276 g/mol. The Kier molecular flexibility index (Phi) is 5.83. The average Bonchev–Trinajstić information content (AvgIpc) is 2.38. The Hall–Kier alpha value is -2.44. The van der Waals surface area contributed by atoms with Crippen molar-refractivity contribution in [2.45, 2.75) is 20.3 Å². The predicted octanol–water partition coefficient (Wildman–Crippen LogP) is 1.61. The van der Waals surface area contributed by atoms with Gasteiger partial charge in [0, 0.05) is 18.2 Å². The van der Waals surface area contributed by atoms with Crippen molar-refractivity contribution in [3.8, 4) is 0 Å². The fraction of sp³-hybridized carbons (Fsp3) is 0.429. The van der Waals surface area contributed by atoms with Gasteiger partial charge in [0.05, 0.1) is 17.3 Å². The van der Waals surface area contributed by atoms with Crippen LogP contribution in [0.4, 0.5) is 5.69 Å². The molecule has 0 spiro atoms. The van der Waals surface area contributed by atoms with Gasteiger partial charge in [0.1, 0.15) is 0 Å². The molecule has 1 atom stereocenters. The van der Waals surface area contributed by atoms with E-state index in [1.807, 2.05) is 0 Å². The van der Waals surface area contributed by atoms with Crippen molar-refractivity contribution in [2.75, 3.05) is 6.54 Å². The van der Waals surface area contributed by atoms with Gasteiger partial charge in [-0.15, -0.1) is 0 Å². The van der Waals surface area contributed by atoms with E-state index in [0.29, 0.717) is 5.56 Å². The van der Waals surface area contributed by atoms with E-state index >= 15 is 0 Å². The summed E-state index contributed by atoms with van der Waals surface area (Å²) in [5.41, 5.74) is 0.183. The second kappa shape index (κ2) is 7.37. The quantitative estimate of drug-likeness (QED) is 0.586. The number of hydrogen-bond donors (Lipinski definition) is 2. The molecule has 0 aromatic heterocycles. The molecule has 1 rings (SSSR count). The lowest BCUT2D eigenvalue weighted by molar-refractivity contribution is -0.385. The second-order valence-electron chi connectivity index (χ2n) is 5.06. The van der Waals surface area contributed by atoms with Gasteiger partial charge >= 0.3 is 5.97 Å². The van der Waals surface area contributed by atoms with Crippen LogP contribution >= 0.6 is 0 Å². The fourth-order valence-electron chi connectivity index (χ4n) is 1.91. The maximum absolute atomic E-state index is 11.8. The van der Waals surface area contributed by atoms with Crippen LogP contribution < -0.4 is 5.32 Å². The summed E-state index contributed by atoms with van der Waals surface area (Å²) in [6.45, 7) is 3.52. The predicted molar refractivity (Wildman–Crippen MR) is 75.8 cm³/mol. The molecule has 114 valence electrons. The molecule has 7 nitrogen and oxygen atoms in total. The largest absolute Gasteiger partial charge is 0.481 e. The lowest BCUT2D eigenvalue weighted by atomic mass is 9.96. The number of carbonyl (C=O) groups excluding carboxylic acids is 1. The summed E-state index contributed by atoms with van der Waals surface area (Å²) in [6.07, 6.45) is -0.151. The Labute approximate surface area is 122 Å². The third-order valence-corrected chi connectivity index (χ3v) is 3.18. The molecule has 0 aliphatic rings. The van der Waals surface area contributed by atoms with Gasteiger partial charge in [0.2, 0.25) is 5.91 Å². The van der Waals surface area contributed by atoms with Gasteiger partial charge in [-0.3, -0.25) is 19.7 Å². The average molecular weight is 294 g/mol. The Morgan fingerprint density at radius 1 is 1.33 bits per heavy atom. The first-order chi connectivity index (χ1) is 9.82. The van der Waals surface area contributed by atoms with Crippen LogP contribution in [0.5, 0.6) is 0 Å². The van der Waals surface area contributed by atoms with Gasteiger partial charge in [-0.05, 0) is 5.92 Å². The third-order valence-electron chi connectivity index (χ3n) is 3.18. The Morgan fingerprint density at radius 3 is 2.48 bits per heavy atom. The van der Waals surface area contributed by atoms with Gasteiger partial charge in [-0.25, -0.2) is 0 Å². The molecule has 0 heterocycles. The van der Waals surface area contributed by atoms with E-state index in [9.17, 15) is 19.7 Å². The number of amides is 1. The Bertz CT molecular complexity index is 542. The van der Waals surface area contributed by atoms with Gasteiger partial charge in [0.25, 0.3) is 5.69 Å². The number of carbonyl (C=O) groups is 2. The summed E-state index contributed by atoms with van der Waals surface area (Å²) in [6, 6.07) is 5.98. The first-order valence-electron chi connectivity index (χ1n) is 6.54. The van der Waals surface area contributed by atoms with Crippen molar-refractivity contribution < 1.29 is 19.6 Å². The summed E-state index contributed by atoms with van der Waals surface area (Å²) < 4.78 is 0. The highest BCUT2D eigenvalue weighted by Gasteiger charge is 2.22. The number of aliphatic carboxylic acids is 1. The highest BCUT2D eigenvalue weighted by molar-refractivity contribution is 5.80. The lowest BCUT2D eigenvalue weighted by Gasteiger charge is -2.16. The van der Waals surface area contributed by atoms with Crippen molar-refractivity contribution in [1.29, 1.82) is 0 Å². The minimum atomic E-state index is -0.976.